The first kappa shape index (κ1) is 9.55. The molecule has 0 bridgehead atoms. The number of hydrogen-bond acceptors (Lipinski definition) is 2. The van der Waals surface area contributed by atoms with Gasteiger partial charge in [0.05, 0.1) is 0 Å². The number of nitrogens with zero attached hydrogens (tertiary/aromatic N) is 4. The van der Waals surface area contributed by atoms with Crippen LogP contribution in [0.1, 0.15) is 12.5 Å². The van der Waals surface area contributed by atoms with Crippen molar-refractivity contribution in [2.24, 2.45) is 5.11 Å². The second kappa shape index (κ2) is 3.63. The second-order valence-electron chi connectivity index (χ2n) is 3.42. The molecule has 1 aromatic carbocycles. The fraction of sp³-hybridized carbons (Fsp3) is 0.300. The normalized spacial score (nSPS) is 13.3. The Morgan fingerprint density at radius 2 is 2.40 bits per heavy atom. The van der Waals surface area contributed by atoms with E-state index < -0.39 is 0 Å². The van der Waals surface area contributed by atoms with Crippen molar-refractivity contribution in [2.75, 3.05) is 11.4 Å². The van der Waals surface area contributed by atoms with Gasteiger partial charge in [0.1, 0.15) is 0 Å². The number of carbonyl (C=O) groups is 1. The Kier molecular flexibility index (Phi) is 2.31. The van der Waals surface area contributed by atoms with Crippen molar-refractivity contribution in [1.29, 1.82) is 0 Å². The van der Waals surface area contributed by atoms with Crippen LogP contribution in [0.5, 0.6) is 0 Å². The number of rotatable bonds is 1. The van der Waals surface area contributed by atoms with Crippen LogP contribution in [0.25, 0.3) is 10.4 Å². The molecule has 5 nitrogen and oxygen atoms in total. The van der Waals surface area contributed by atoms with E-state index in [2.05, 4.69) is 10.0 Å². The standard InChI is InChI=1S/C10H10N4O/c1-7(15)14-5-4-8-6-9(12-13-11)2-3-10(8)14/h2-3,6H,4-5H2,1H3. The summed E-state index contributed by atoms with van der Waals surface area (Å²) in [7, 11) is 0. The van der Waals surface area contributed by atoms with Crippen LogP contribution in [0.4, 0.5) is 11.4 Å². The molecule has 0 aromatic heterocycles. The Bertz CT molecular complexity index is 462. The summed E-state index contributed by atoms with van der Waals surface area (Å²) >= 11 is 0. The summed E-state index contributed by atoms with van der Waals surface area (Å²) in [5, 5.41) is 3.53. The molecule has 1 aliphatic rings. The monoisotopic (exact) mass is 202 g/mol. The van der Waals surface area contributed by atoms with Gasteiger partial charge in [0.2, 0.25) is 5.91 Å². The average Bonchev–Trinajstić information content (AvgIpc) is 2.61. The van der Waals surface area contributed by atoms with Gasteiger partial charge in [0, 0.05) is 29.8 Å². The highest BCUT2D eigenvalue weighted by molar-refractivity contribution is 5.94. The average molecular weight is 202 g/mol. The molecule has 1 aromatic rings. The third kappa shape index (κ3) is 1.65. The highest BCUT2D eigenvalue weighted by Gasteiger charge is 2.21. The fourth-order valence-electron chi connectivity index (χ4n) is 1.83. The molecule has 0 unspecified atom stereocenters. The van der Waals surface area contributed by atoms with Crippen molar-refractivity contribution in [2.45, 2.75) is 13.3 Å². The minimum absolute atomic E-state index is 0.0466. The van der Waals surface area contributed by atoms with E-state index in [1.54, 1.807) is 17.9 Å². The predicted octanol–water partition coefficient (Wildman–Crippen LogP) is 2.54. The van der Waals surface area contributed by atoms with Gasteiger partial charge in [0.15, 0.2) is 0 Å². The Labute approximate surface area is 86.9 Å². The highest BCUT2D eigenvalue weighted by atomic mass is 16.2. The Morgan fingerprint density at radius 1 is 1.60 bits per heavy atom. The molecule has 15 heavy (non-hydrogen) atoms. The molecule has 0 aliphatic carbocycles. The number of amides is 1. The van der Waals surface area contributed by atoms with E-state index in [1.165, 1.54) is 0 Å². The zero-order valence-corrected chi connectivity index (χ0v) is 8.34. The minimum atomic E-state index is 0.0466. The zero-order valence-electron chi connectivity index (χ0n) is 8.34. The molecule has 0 radical (unpaired) electrons. The predicted molar refractivity (Wildman–Crippen MR) is 57.0 cm³/mol. The maximum atomic E-state index is 11.3. The zero-order chi connectivity index (χ0) is 10.8. The number of anilines is 1. The van der Waals surface area contributed by atoms with E-state index in [0.29, 0.717) is 12.2 Å². The van der Waals surface area contributed by atoms with Gasteiger partial charge in [0.25, 0.3) is 0 Å². The van der Waals surface area contributed by atoms with Crippen LogP contribution in [-0.2, 0) is 11.2 Å². The molecule has 0 saturated heterocycles. The van der Waals surface area contributed by atoms with Gasteiger partial charge in [-0.25, -0.2) is 0 Å². The van der Waals surface area contributed by atoms with Crippen molar-refractivity contribution in [3.63, 3.8) is 0 Å². The first-order valence-corrected chi connectivity index (χ1v) is 4.68. The number of carbonyl (C=O) groups excluding carboxylic acids is 1. The topological polar surface area (TPSA) is 69.1 Å². The largest absolute Gasteiger partial charge is 0.312 e. The van der Waals surface area contributed by atoms with Crippen molar-refractivity contribution in [3.05, 3.63) is 34.2 Å². The van der Waals surface area contributed by atoms with Crippen LogP contribution < -0.4 is 4.90 Å². The Hall–Kier alpha value is -2.00. The molecule has 0 spiro atoms. The lowest BCUT2D eigenvalue weighted by Gasteiger charge is -2.14. The third-order valence-electron chi connectivity index (χ3n) is 2.50. The van der Waals surface area contributed by atoms with Crippen molar-refractivity contribution in [3.8, 4) is 0 Å². The SMILES string of the molecule is CC(=O)N1CCc2cc(N=[N+]=[N-])ccc21. The van der Waals surface area contributed by atoms with E-state index in [4.69, 9.17) is 5.53 Å². The Morgan fingerprint density at radius 3 is 3.07 bits per heavy atom. The Balaban J connectivity index is 2.41. The smallest absolute Gasteiger partial charge is 0.223 e. The van der Waals surface area contributed by atoms with Gasteiger partial charge in [-0.05, 0) is 29.6 Å². The van der Waals surface area contributed by atoms with Crippen LogP contribution in [0.15, 0.2) is 23.3 Å². The minimum Gasteiger partial charge on any atom is -0.312 e. The van der Waals surface area contributed by atoms with Gasteiger partial charge in [-0.1, -0.05) is 11.2 Å². The van der Waals surface area contributed by atoms with E-state index in [-0.39, 0.29) is 5.91 Å². The number of azide groups is 1. The molecule has 0 saturated carbocycles. The lowest BCUT2D eigenvalue weighted by molar-refractivity contribution is -0.116. The summed E-state index contributed by atoms with van der Waals surface area (Å²) in [6.07, 6.45) is 0.823. The van der Waals surface area contributed by atoms with E-state index in [9.17, 15) is 4.79 Å². The van der Waals surface area contributed by atoms with Gasteiger partial charge in [-0.15, -0.1) is 0 Å². The maximum absolute atomic E-state index is 11.3. The van der Waals surface area contributed by atoms with Crippen LogP contribution in [-0.4, -0.2) is 12.5 Å². The van der Waals surface area contributed by atoms with Gasteiger partial charge in [-0.3, -0.25) is 4.79 Å². The molecular formula is C10H10N4O. The van der Waals surface area contributed by atoms with Crippen LogP contribution in [0.2, 0.25) is 0 Å². The van der Waals surface area contributed by atoms with Gasteiger partial charge < -0.3 is 4.90 Å². The summed E-state index contributed by atoms with van der Waals surface area (Å²) in [4.78, 5) is 15.7. The lowest BCUT2D eigenvalue weighted by atomic mass is 10.1. The highest BCUT2D eigenvalue weighted by Crippen LogP contribution is 2.31. The quantitative estimate of drug-likeness (QED) is 0.392. The molecule has 1 heterocycles. The molecular weight excluding hydrogens is 192 g/mol. The number of fused-ring (bicyclic) bond motifs is 1. The van der Waals surface area contributed by atoms with E-state index in [0.717, 1.165) is 17.7 Å². The first-order valence-electron chi connectivity index (χ1n) is 4.68. The van der Waals surface area contributed by atoms with Crippen molar-refractivity contribution in [1.82, 2.24) is 0 Å². The maximum Gasteiger partial charge on any atom is 0.223 e. The van der Waals surface area contributed by atoms with Crippen LogP contribution in [0.3, 0.4) is 0 Å². The summed E-state index contributed by atoms with van der Waals surface area (Å²) in [5.74, 6) is 0.0466. The number of hydrogen-bond donors (Lipinski definition) is 0. The summed E-state index contributed by atoms with van der Waals surface area (Å²) < 4.78 is 0. The second-order valence-corrected chi connectivity index (χ2v) is 3.42. The molecule has 1 aliphatic heterocycles. The summed E-state index contributed by atoms with van der Waals surface area (Å²) in [6, 6.07) is 5.38. The number of benzene rings is 1. The van der Waals surface area contributed by atoms with Gasteiger partial charge in [-0.2, -0.15) is 0 Å². The third-order valence-corrected chi connectivity index (χ3v) is 2.50. The summed E-state index contributed by atoms with van der Waals surface area (Å²) in [6.45, 7) is 2.26. The van der Waals surface area contributed by atoms with Crippen molar-refractivity contribution >= 4 is 17.3 Å². The lowest BCUT2D eigenvalue weighted by Crippen LogP contribution is -2.25. The molecule has 1 amide bonds. The molecule has 2 rings (SSSR count). The molecule has 0 N–H and O–H groups in total. The fourth-order valence-corrected chi connectivity index (χ4v) is 1.83. The van der Waals surface area contributed by atoms with E-state index in [1.807, 2.05) is 12.1 Å². The molecule has 5 heteroatoms. The molecule has 0 fully saturated rings. The van der Waals surface area contributed by atoms with Gasteiger partial charge >= 0.3 is 0 Å². The van der Waals surface area contributed by atoms with Crippen LogP contribution >= 0.6 is 0 Å². The van der Waals surface area contributed by atoms with Crippen molar-refractivity contribution < 1.29 is 4.79 Å². The van der Waals surface area contributed by atoms with Crippen LogP contribution in [0, 0.1) is 0 Å². The summed E-state index contributed by atoms with van der Waals surface area (Å²) in [5.41, 5.74) is 10.9. The van der Waals surface area contributed by atoms with E-state index >= 15 is 0 Å². The first-order chi connectivity index (χ1) is 7.22. The molecule has 76 valence electrons. The molecule has 0 atom stereocenters.